The number of carboxylic acids is 1. The van der Waals surface area contributed by atoms with Gasteiger partial charge in [0, 0.05) is 16.4 Å². The second-order valence-corrected chi connectivity index (χ2v) is 7.65. The lowest BCUT2D eigenvalue weighted by Crippen LogP contribution is -2.46. The van der Waals surface area contributed by atoms with Crippen LogP contribution >= 0.6 is 34.9 Å². The normalized spacial score (nSPS) is 22.1. The number of carbonyl (C=O) groups excluding carboxylic acids is 1. The second kappa shape index (κ2) is 7.38. The number of carbonyl (C=O) groups is 2. The van der Waals surface area contributed by atoms with Crippen LogP contribution in [0, 0.1) is 0 Å². The van der Waals surface area contributed by atoms with Crippen LogP contribution in [0.25, 0.3) is 0 Å². The highest BCUT2D eigenvalue weighted by Gasteiger charge is 2.40. The summed E-state index contributed by atoms with van der Waals surface area (Å²) in [5.74, 6) is 0.688. The number of amides is 1. The van der Waals surface area contributed by atoms with E-state index in [9.17, 15) is 14.7 Å². The van der Waals surface area contributed by atoms with Gasteiger partial charge in [-0.2, -0.15) is 0 Å². The van der Waals surface area contributed by atoms with Crippen LogP contribution in [0.1, 0.15) is 18.2 Å². The van der Waals surface area contributed by atoms with Gasteiger partial charge in [-0.25, -0.2) is 4.79 Å². The molecule has 0 aromatic carbocycles. The maximum Gasteiger partial charge on any atom is 0.327 e. The number of carboxylic acid groups (broad SMARTS) is 1. The first kappa shape index (κ1) is 15.7. The maximum atomic E-state index is 12.3. The second-order valence-electron chi connectivity index (χ2n) is 4.42. The SMILES string of the molecule is CCC1SCC(C(=O)O)N1C(=O)CSCc1cccs1. The third-order valence-corrected chi connectivity index (χ3v) is 6.54. The van der Waals surface area contributed by atoms with Gasteiger partial charge in [0.1, 0.15) is 6.04 Å². The standard InChI is InChI=1S/C13H17NO3S3/c1-2-12-14(10(7-20-12)13(16)17)11(15)8-18-6-9-4-3-5-19-9/h3-5,10,12H,2,6-8H2,1H3,(H,16,17). The fraction of sp³-hybridized carbons (Fsp3) is 0.538. The van der Waals surface area contributed by atoms with E-state index in [1.807, 2.05) is 24.4 Å². The van der Waals surface area contributed by atoms with Crippen molar-refractivity contribution in [3.05, 3.63) is 22.4 Å². The molecule has 2 unspecified atom stereocenters. The van der Waals surface area contributed by atoms with Gasteiger partial charge in [0.2, 0.25) is 5.91 Å². The Morgan fingerprint density at radius 3 is 2.95 bits per heavy atom. The Morgan fingerprint density at radius 2 is 2.35 bits per heavy atom. The van der Waals surface area contributed by atoms with Crippen molar-refractivity contribution in [3.63, 3.8) is 0 Å². The number of thioether (sulfide) groups is 2. The Kier molecular flexibility index (Phi) is 5.80. The third-order valence-electron chi connectivity index (χ3n) is 3.06. The molecule has 4 nitrogen and oxygen atoms in total. The van der Waals surface area contributed by atoms with E-state index in [4.69, 9.17) is 0 Å². The lowest BCUT2D eigenvalue weighted by molar-refractivity contribution is -0.148. The number of hydrogen-bond donors (Lipinski definition) is 1. The molecule has 1 amide bonds. The number of hydrogen-bond acceptors (Lipinski definition) is 5. The van der Waals surface area contributed by atoms with Crippen molar-refractivity contribution in [1.29, 1.82) is 0 Å². The van der Waals surface area contributed by atoms with Gasteiger partial charge < -0.3 is 10.0 Å². The molecule has 0 spiro atoms. The molecule has 0 radical (unpaired) electrons. The Hall–Kier alpha value is -0.660. The summed E-state index contributed by atoms with van der Waals surface area (Å²) in [4.78, 5) is 26.3. The number of thiophene rings is 1. The van der Waals surface area contributed by atoms with Gasteiger partial charge in [-0.1, -0.05) is 13.0 Å². The zero-order valence-corrected chi connectivity index (χ0v) is 13.6. The van der Waals surface area contributed by atoms with Gasteiger partial charge in [0.05, 0.1) is 11.1 Å². The van der Waals surface area contributed by atoms with E-state index in [0.29, 0.717) is 11.5 Å². The summed E-state index contributed by atoms with van der Waals surface area (Å²) in [5.41, 5.74) is 0. The van der Waals surface area contributed by atoms with Crippen molar-refractivity contribution in [2.45, 2.75) is 30.5 Å². The molecule has 1 N–H and O–H groups in total. The summed E-state index contributed by atoms with van der Waals surface area (Å²) in [6.45, 7) is 1.99. The number of aliphatic carboxylic acids is 1. The van der Waals surface area contributed by atoms with Gasteiger partial charge in [-0.15, -0.1) is 34.9 Å². The monoisotopic (exact) mass is 331 g/mol. The van der Waals surface area contributed by atoms with E-state index >= 15 is 0 Å². The van der Waals surface area contributed by atoms with Crippen LogP contribution in [0.3, 0.4) is 0 Å². The molecular formula is C13H17NO3S3. The van der Waals surface area contributed by atoms with Gasteiger partial charge in [0.15, 0.2) is 0 Å². The van der Waals surface area contributed by atoms with Crippen molar-refractivity contribution in [2.75, 3.05) is 11.5 Å². The minimum absolute atomic E-state index is 0.00550. The van der Waals surface area contributed by atoms with Crippen LogP contribution in [-0.2, 0) is 15.3 Å². The van der Waals surface area contributed by atoms with Crippen LogP contribution in [0.5, 0.6) is 0 Å². The van der Waals surface area contributed by atoms with Crippen molar-refractivity contribution >= 4 is 46.7 Å². The summed E-state index contributed by atoms with van der Waals surface area (Å²) in [7, 11) is 0. The number of nitrogens with zero attached hydrogens (tertiary/aromatic N) is 1. The highest BCUT2D eigenvalue weighted by molar-refractivity contribution is 8.00. The van der Waals surface area contributed by atoms with E-state index in [1.54, 1.807) is 39.8 Å². The Balaban J connectivity index is 1.90. The smallest absolute Gasteiger partial charge is 0.327 e. The molecule has 1 aromatic rings. The largest absolute Gasteiger partial charge is 0.480 e. The Morgan fingerprint density at radius 1 is 1.55 bits per heavy atom. The predicted molar refractivity (Wildman–Crippen MR) is 85.3 cm³/mol. The quantitative estimate of drug-likeness (QED) is 0.868. The lowest BCUT2D eigenvalue weighted by Gasteiger charge is -2.26. The minimum atomic E-state index is -0.898. The van der Waals surface area contributed by atoms with Crippen molar-refractivity contribution in [2.24, 2.45) is 0 Å². The highest BCUT2D eigenvalue weighted by atomic mass is 32.2. The molecule has 0 saturated carbocycles. The molecule has 1 aromatic heterocycles. The molecule has 1 fully saturated rings. The van der Waals surface area contributed by atoms with Gasteiger partial charge in [-0.05, 0) is 17.9 Å². The summed E-state index contributed by atoms with van der Waals surface area (Å²) in [5, 5.41) is 11.2. The molecule has 1 saturated heterocycles. The van der Waals surface area contributed by atoms with Gasteiger partial charge >= 0.3 is 5.97 Å². The zero-order chi connectivity index (χ0) is 14.5. The molecule has 0 aliphatic carbocycles. The first-order valence-electron chi connectivity index (χ1n) is 6.39. The fourth-order valence-electron chi connectivity index (χ4n) is 2.11. The topological polar surface area (TPSA) is 57.6 Å². The molecule has 7 heteroatoms. The van der Waals surface area contributed by atoms with E-state index in [0.717, 1.165) is 12.2 Å². The summed E-state index contributed by atoms with van der Waals surface area (Å²) < 4.78 is 0. The average molecular weight is 331 g/mol. The van der Waals surface area contributed by atoms with E-state index in [-0.39, 0.29) is 11.3 Å². The molecule has 1 aliphatic heterocycles. The predicted octanol–water partition coefficient (Wildman–Crippen LogP) is 2.75. The van der Waals surface area contributed by atoms with Gasteiger partial charge in [-0.3, -0.25) is 4.79 Å². The molecule has 2 rings (SSSR count). The van der Waals surface area contributed by atoms with Gasteiger partial charge in [0.25, 0.3) is 0 Å². The first-order valence-corrected chi connectivity index (χ1v) is 9.47. The molecule has 110 valence electrons. The highest BCUT2D eigenvalue weighted by Crippen LogP contribution is 2.32. The molecule has 0 bridgehead atoms. The van der Waals surface area contributed by atoms with Crippen molar-refractivity contribution in [1.82, 2.24) is 4.90 Å². The first-order chi connectivity index (χ1) is 9.63. The average Bonchev–Trinajstić information content (AvgIpc) is 3.07. The lowest BCUT2D eigenvalue weighted by atomic mass is 10.2. The molecule has 20 heavy (non-hydrogen) atoms. The maximum absolute atomic E-state index is 12.3. The van der Waals surface area contributed by atoms with E-state index in [2.05, 4.69) is 0 Å². The van der Waals surface area contributed by atoms with Crippen molar-refractivity contribution in [3.8, 4) is 0 Å². The zero-order valence-electron chi connectivity index (χ0n) is 11.2. The Bertz CT molecular complexity index is 463. The van der Waals surface area contributed by atoms with Crippen LogP contribution in [0.4, 0.5) is 0 Å². The van der Waals surface area contributed by atoms with Crippen LogP contribution in [-0.4, -0.2) is 44.8 Å². The molecule has 2 atom stereocenters. The number of rotatable bonds is 6. The Labute approximate surface area is 130 Å². The van der Waals surface area contributed by atoms with Crippen molar-refractivity contribution < 1.29 is 14.7 Å². The van der Waals surface area contributed by atoms with E-state index < -0.39 is 12.0 Å². The summed E-state index contributed by atoms with van der Waals surface area (Å²) in [6, 6.07) is 3.37. The minimum Gasteiger partial charge on any atom is -0.480 e. The van der Waals surface area contributed by atoms with Crippen LogP contribution in [0.2, 0.25) is 0 Å². The fourth-order valence-corrected chi connectivity index (χ4v) is 5.21. The van der Waals surface area contributed by atoms with E-state index in [1.165, 1.54) is 4.88 Å². The molecule has 2 heterocycles. The summed E-state index contributed by atoms with van der Waals surface area (Å²) in [6.07, 6.45) is 0.787. The summed E-state index contributed by atoms with van der Waals surface area (Å²) >= 11 is 4.79. The molecular weight excluding hydrogens is 314 g/mol. The van der Waals surface area contributed by atoms with Crippen LogP contribution in [0.15, 0.2) is 17.5 Å². The third kappa shape index (κ3) is 3.71. The molecule has 1 aliphatic rings. The van der Waals surface area contributed by atoms with Crippen LogP contribution < -0.4 is 0 Å².